The number of nitrogens with zero attached hydrogens (tertiary/aromatic N) is 3. The van der Waals surface area contributed by atoms with Gasteiger partial charge in [0, 0.05) is 0 Å². The van der Waals surface area contributed by atoms with Crippen molar-refractivity contribution in [2.75, 3.05) is 12.2 Å². The van der Waals surface area contributed by atoms with Gasteiger partial charge in [0.1, 0.15) is 0 Å². The van der Waals surface area contributed by atoms with E-state index in [0.29, 0.717) is 12.1 Å². The summed E-state index contributed by atoms with van der Waals surface area (Å²) in [5.74, 6) is -4.30. The molecule has 0 radical (unpaired) electrons. The zero-order chi connectivity index (χ0) is 19.8. The summed E-state index contributed by atoms with van der Waals surface area (Å²) in [5.41, 5.74) is -2.06. The molecule has 142 valence electrons. The lowest BCUT2D eigenvalue weighted by molar-refractivity contribution is -0.0509. The number of alkyl halides is 2. The molecule has 3 aromatic rings. The summed E-state index contributed by atoms with van der Waals surface area (Å²) < 4.78 is 79.6. The van der Waals surface area contributed by atoms with E-state index < -0.39 is 39.8 Å². The highest BCUT2D eigenvalue weighted by Crippen LogP contribution is 2.38. The van der Waals surface area contributed by atoms with Crippen molar-refractivity contribution in [3.8, 4) is 11.8 Å². The van der Waals surface area contributed by atoms with Gasteiger partial charge in [0.15, 0.2) is 11.6 Å². The van der Waals surface area contributed by atoms with Gasteiger partial charge in [0.2, 0.25) is 0 Å². The molecule has 0 fully saturated rings. The fourth-order valence-electron chi connectivity index (χ4n) is 2.24. The third kappa shape index (κ3) is 3.23. The third-order valence-corrected chi connectivity index (χ3v) is 3.55. The van der Waals surface area contributed by atoms with Gasteiger partial charge in [-0.1, -0.05) is 15.6 Å². The van der Waals surface area contributed by atoms with Crippen molar-refractivity contribution >= 4 is 5.69 Å². The standard InChI is InChI=1S/C16H10F5N3O3/c1-26-14-22-23(15(25)27-14)9-5-7-10(8-6-9)24(21)16(19,20)11-3-2-4-12(17)13(11)18/h2-8H,1H3. The van der Waals surface area contributed by atoms with Crippen molar-refractivity contribution < 1.29 is 31.2 Å². The number of hydrogen-bond donors (Lipinski definition) is 0. The fraction of sp³-hybridized carbons (Fsp3) is 0.125. The van der Waals surface area contributed by atoms with Crippen molar-refractivity contribution in [2.45, 2.75) is 6.05 Å². The van der Waals surface area contributed by atoms with Crippen molar-refractivity contribution in [3.05, 3.63) is 70.2 Å². The van der Waals surface area contributed by atoms with Crippen LogP contribution in [0, 0.1) is 11.6 Å². The first kappa shape index (κ1) is 18.4. The quantitative estimate of drug-likeness (QED) is 0.381. The number of halogens is 5. The Bertz CT molecular complexity index is 1020. The van der Waals surface area contributed by atoms with Gasteiger partial charge in [0.25, 0.3) is 0 Å². The van der Waals surface area contributed by atoms with Crippen LogP contribution in [0.25, 0.3) is 5.69 Å². The van der Waals surface area contributed by atoms with Crippen LogP contribution in [0.4, 0.5) is 27.7 Å². The predicted molar refractivity (Wildman–Crippen MR) is 82.5 cm³/mol. The Morgan fingerprint density at radius 1 is 1.15 bits per heavy atom. The summed E-state index contributed by atoms with van der Waals surface area (Å²) in [6, 6.07) is 1.55. The highest BCUT2D eigenvalue weighted by atomic mass is 19.3. The monoisotopic (exact) mass is 387 g/mol. The Hall–Kier alpha value is -3.37. The van der Waals surface area contributed by atoms with Crippen LogP contribution in [0.5, 0.6) is 6.08 Å². The number of aromatic nitrogens is 2. The molecule has 6 nitrogen and oxygen atoms in total. The van der Waals surface area contributed by atoms with Gasteiger partial charge in [-0.15, -0.1) is 5.12 Å². The van der Waals surface area contributed by atoms with Crippen LogP contribution in [0.1, 0.15) is 5.56 Å². The molecule has 0 aliphatic rings. The maximum absolute atomic E-state index is 14.3. The molecular formula is C16H10F5N3O3. The minimum Gasteiger partial charge on any atom is -0.452 e. The van der Waals surface area contributed by atoms with E-state index in [1.54, 1.807) is 0 Å². The van der Waals surface area contributed by atoms with Crippen molar-refractivity contribution in [1.29, 1.82) is 0 Å². The molecule has 0 N–H and O–H groups in total. The predicted octanol–water partition coefficient (Wildman–Crippen LogP) is 3.55. The fourth-order valence-corrected chi connectivity index (χ4v) is 2.24. The van der Waals surface area contributed by atoms with Crippen LogP contribution in [-0.2, 0) is 6.05 Å². The molecule has 0 saturated carbocycles. The first-order valence-corrected chi connectivity index (χ1v) is 7.28. The molecule has 0 aliphatic carbocycles. The molecule has 0 spiro atoms. The summed E-state index contributed by atoms with van der Waals surface area (Å²) in [4.78, 5) is 11.6. The molecule has 0 amide bonds. The number of anilines is 1. The maximum Gasteiger partial charge on any atom is 0.444 e. The topological polar surface area (TPSA) is 60.5 Å². The number of methoxy groups -OCH3 is 1. The van der Waals surface area contributed by atoms with Crippen molar-refractivity contribution in [2.24, 2.45) is 0 Å². The van der Waals surface area contributed by atoms with E-state index in [1.165, 1.54) is 7.11 Å². The average Bonchev–Trinajstić information content (AvgIpc) is 3.04. The molecule has 3 rings (SSSR count). The van der Waals surface area contributed by atoms with Crippen LogP contribution >= 0.6 is 0 Å². The molecule has 0 atom stereocenters. The highest BCUT2D eigenvalue weighted by molar-refractivity contribution is 5.51. The first-order chi connectivity index (χ1) is 12.8. The van der Waals surface area contributed by atoms with Crippen LogP contribution in [0.15, 0.2) is 51.7 Å². The Morgan fingerprint density at radius 3 is 2.41 bits per heavy atom. The van der Waals surface area contributed by atoms with Crippen LogP contribution in [0.2, 0.25) is 0 Å². The van der Waals surface area contributed by atoms with Crippen LogP contribution in [0.3, 0.4) is 0 Å². The summed E-state index contributed by atoms with van der Waals surface area (Å²) in [5, 5.41) is 2.65. The van der Waals surface area contributed by atoms with Crippen LogP contribution in [-0.4, -0.2) is 16.9 Å². The van der Waals surface area contributed by atoms with Crippen molar-refractivity contribution in [1.82, 2.24) is 9.78 Å². The number of rotatable bonds is 5. The van der Waals surface area contributed by atoms with Gasteiger partial charge in [-0.3, -0.25) is 0 Å². The molecule has 0 saturated heterocycles. The van der Waals surface area contributed by atoms with Crippen LogP contribution < -0.4 is 15.6 Å². The highest BCUT2D eigenvalue weighted by Gasteiger charge is 2.43. The number of ether oxygens (including phenoxy) is 1. The molecule has 1 heterocycles. The minimum atomic E-state index is -4.48. The normalized spacial score (nSPS) is 11.5. The number of benzene rings is 2. The smallest absolute Gasteiger partial charge is 0.444 e. The second-order valence-corrected chi connectivity index (χ2v) is 5.19. The molecule has 2 aromatic carbocycles. The van der Waals surface area contributed by atoms with Gasteiger partial charge in [-0.2, -0.15) is 13.5 Å². The number of hydrogen-bond acceptors (Lipinski definition) is 5. The minimum absolute atomic E-state index is 0.0736. The van der Waals surface area contributed by atoms with Gasteiger partial charge in [0.05, 0.1) is 24.0 Å². The van der Waals surface area contributed by atoms with E-state index in [-0.39, 0.29) is 11.8 Å². The Balaban J connectivity index is 1.93. The Labute approximate surface area is 147 Å². The van der Waals surface area contributed by atoms with Crippen molar-refractivity contribution in [3.63, 3.8) is 0 Å². The SMILES string of the molecule is COc1nn(-c2ccc(N(F)C(F)(F)c3cccc(F)c3F)cc2)c(=O)o1. The van der Waals surface area contributed by atoms with E-state index in [1.807, 2.05) is 0 Å². The molecule has 1 aromatic heterocycles. The second kappa shape index (κ2) is 6.74. The van der Waals surface area contributed by atoms with Gasteiger partial charge >= 0.3 is 17.9 Å². The van der Waals surface area contributed by atoms with E-state index in [2.05, 4.69) is 14.3 Å². The van der Waals surface area contributed by atoms with E-state index >= 15 is 0 Å². The molecule has 11 heteroatoms. The third-order valence-electron chi connectivity index (χ3n) is 3.55. The Kier molecular flexibility index (Phi) is 4.60. The van der Waals surface area contributed by atoms with E-state index in [0.717, 1.165) is 35.0 Å². The molecule has 0 aliphatic heterocycles. The lowest BCUT2D eigenvalue weighted by Gasteiger charge is -2.25. The lowest BCUT2D eigenvalue weighted by atomic mass is 10.1. The zero-order valence-corrected chi connectivity index (χ0v) is 13.5. The summed E-state index contributed by atoms with van der Waals surface area (Å²) in [6.07, 6.45) is -0.329. The molecular weight excluding hydrogens is 377 g/mol. The van der Waals surface area contributed by atoms with Gasteiger partial charge in [-0.25, -0.2) is 13.6 Å². The molecule has 0 bridgehead atoms. The summed E-state index contributed by atoms with van der Waals surface area (Å²) in [7, 11) is 1.22. The average molecular weight is 387 g/mol. The largest absolute Gasteiger partial charge is 0.452 e. The van der Waals surface area contributed by atoms with Gasteiger partial charge in [-0.05, 0) is 36.4 Å². The molecule has 27 heavy (non-hydrogen) atoms. The maximum atomic E-state index is 14.3. The van der Waals surface area contributed by atoms with E-state index in [9.17, 15) is 26.8 Å². The summed E-state index contributed by atoms with van der Waals surface area (Å²) in [6.45, 7) is 0. The second-order valence-electron chi connectivity index (χ2n) is 5.19. The molecule has 0 unspecified atom stereocenters. The van der Waals surface area contributed by atoms with Gasteiger partial charge < -0.3 is 9.15 Å². The Morgan fingerprint density at radius 2 is 1.81 bits per heavy atom. The first-order valence-electron chi connectivity index (χ1n) is 7.28. The zero-order valence-electron chi connectivity index (χ0n) is 13.5. The lowest BCUT2D eigenvalue weighted by Crippen LogP contribution is -2.34. The van der Waals surface area contributed by atoms with E-state index in [4.69, 9.17) is 0 Å². The summed E-state index contributed by atoms with van der Waals surface area (Å²) >= 11 is 0.